The summed E-state index contributed by atoms with van der Waals surface area (Å²) in [6.07, 6.45) is 3.47. The third-order valence-electron chi connectivity index (χ3n) is 3.65. The molecule has 1 amide bonds. The fourth-order valence-corrected chi connectivity index (χ4v) is 2.56. The van der Waals surface area contributed by atoms with Crippen LogP contribution < -0.4 is 11.1 Å². The van der Waals surface area contributed by atoms with Crippen LogP contribution in [0, 0.1) is 0 Å². The molecule has 4 nitrogen and oxygen atoms in total. The normalized spacial score (nSPS) is 18.9. The van der Waals surface area contributed by atoms with Crippen molar-refractivity contribution in [3.05, 3.63) is 35.4 Å². The van der Waals surface area contributed by atoms with Crippen LogP contribution in [0.1, 0.15) is 36.4 Å². The molecule has 19 heavy (non-hydrogen) atoms. The molecule has 2 unspecified atom stereocenters. The van der Waals surface area contributed by atoms with E-state index in [0.717, 1.165) is 19.3 Å². The van der Waals surface area contributed by atoms with Gasteiger partial charge in [0, 0.05) is 13.7 Å². The van der Waals surface area contributed by atoms with Crippen molar-refractivity contribution < 1.29 is 9.53 Å². The summed E-state index contributed by atoms with van der Waals surface area (Å²) in [5, 5.41) is 3.06. The lowest BCUT2D eigenvalue weighted by atomic mass is 10.1. The molecule has 4 heteroatoms. The summed E-state index contributed by atoms with van der Waals surface area (Å²) in [6.45, 7) is 0.646. The van der Waals surface area contributed by atoms with Gasteiger partial charge in [0.05, 0.1) is 12.1 Å². The maximum Gasteiger partial charge on any atom is 0.237 e. The fourth-order valence-electron chi connectivity index (χ4n) is 2.56. The molecular formula is C15H22N2O2. The van der Waals surface area contributed by atoms with E-state index in [1.54, 1.807) is 7.11 Å². The minimum Gasteiger partial charge on any atom is -0.385 e. The first-order valence-electron chi connectivity index (χ1n) is 6.85. The highest BCUT2D eigenvalue weighted by Gasteiger charge is 2.25. The molecule has 2 atom stereocenters. The lowest BCUT2D eigenvalue weighted by molar-refractivity contribution is -0.123. The van der Waals surface area contributed by atoms with E-state index in [4.69, 9.17) is 10.5 Å². The molecule has 0 aromatic heterocycles. The number of nitrogens with two attached hydrogens (primary N) is 1. The van der Waals surface area contributed by atoms with Crippen LogP contribution in [0.25, 0.3) is 0 Å². The van der Waals surface area contributed by atoms with Gasteiger partial charge in [-0.25, -0.2) is 0 Å². The Bertz CT molecular complexity index is 434. The predicted molar refractivity (Wildman–Crippen MR) is 74.7 cm³/mol. The van der Waals surface area contributed by atoms with Crippen LogP contribution in [0.15, 0.2) is 24.3 Å². The van der Waals surface area contributed by atoms with Crippen molar-refractivity contribution in [2.24, 2.45) is 5.73 Å². The lowest BCUT2D eigenvalue weighted by Crippen LogP contribution is -2.41. The monoisotopic (exact) mass is 262 g/mol. The van der Waals surface area contributed by atoms with Crippen LogP contribution in [0.2, 0.25) is 0 Å². The molecule has 0 radical (unpaired) electrons. The van der Waals surface area contributed by atoms with Crippen molar-refractivity contribution in [1.29, 1.82) is 0 Å². The predicted octanol–water partition coefficient (Wildman–Crippen LogP) is 1.54. The van der Waals surface area contributed by atoms with E-state index in [9.17, 15) is 4.79 Å². The van der Waals surface area contributed by atoms with Gasteiger partial charge in [-0.05, 0) is 36.8 Å². The topological polar surface area (TPSA) is 64.3 Å². The van der Waals surface area contributed by atoms with Crippen molar-refractivity contribution in [1.82, 2.24) is 5.32 Å². The minimum atomic E-state index is -0.442. The number of hydrogen-bond donors (Lipinski definition) is 2. The maximum atomic E-state index is 12.0. The molecule has 2 rings (SSSR count). The minimum absolute atomic E-state index is 0.0576. The van der Waals surface area contributed by atoms with Gasteiger partial charge in [0.1, 0.15) is 0 Å². The van der Waals surface area contributed by atoms with E-state index < -0.39 is 6.04 Å². The molecule has 3 N–H and O–H groups in total. The zero-order valence-electron chi connectivity index (χ0n) is 11.4. The number of methoxy groups -OCH3 is 1. The van der Waals surface area contributed by atoms with Gasteiger partial charge in [-0.3, -0.25) is 4.79 Å². The molecule has 104 valence electrons. The smallest absolute Gasteiger partial charge is 0.237 e. The van der Waals surface area contributed by atoms with Crippen LogP contribution in [0.4, 0.5) is 0 Å². The van der Waals surface area contributed by atoms with Crippen LogP contribution >= 0.6 is 0 Å². The Morgan fingerprint density at radius 1 is 1.53 bits per heavy atom. The average molecular weight is 262 g/mol. The number of ether oxygens (including phenoxy) is 1. The van der Waals surface area contributed by atoms with Gasteiger partial charge in [0.2, 0.25) is 5.91 Å². The van der Waals surface area contributed by atoms with Crippen LogP contribution in [-0.4, -0.2) is 25.7 Å². The second-order valence-electron chi connectivity index (χ2n) is 5.04. The molecule has 0 fully saturated rings. The van der Waals surface area contributed by atoms with Crippen molar-refractivity contribution in [3.8, 4) is 0 Å². The summed E-state index contributed by atoms with van der Waals surface area (Å²) in [5.74, 6) is -0.0576. The second kappa shape index (κ2) is 6.68. The third-order valence-corrected chi connectivity index (χ3v) is 3.65. The van der Waals surface area contributed by atoms with E-state index in [-0.39, 0.29) is 11.9 Å². The number of benzene rings is 1. The molecular weight excluding hydrogens is 240 g/mol. The van der Waals surface area contributed by atoms with E-state index in [2.05, 4.69) is 17.4 Å². The lowest BCUT2D eigenvalue weighted by Gasteiger charge is -2.17. The first-order valence-corrected chi connectivity index (χ1v) is 6.85. The summed E-state index contributed by atoms with van der Waals surface area (Å²) in [6, 6.07) is 7.95. The molecule has 1 aliphatic carbocycles. The number of amides is 1. The van der Waals surface area contributed by atoms with Gasteiger partial charge < -0.3 is 15.8 Å². The quantitative estimate of drug-likeness (QED) is 0.764. The summed E-state index contributed by atoms with van der Waals surface area (Å²) in [7, 11) is 1.65. The van der Waals surface area contributed by atoms with Gasteiger partial charge in [-0.1, -0.05) is 24.3 Å². The zero-order valence-corrected chi connectivity index (χ0v) is 11.4. The number of carbonyl (C=O) groups excluding carboxylic acids is 1. The van der Waals surface area contributed by atoms with Gasteiger partial charge in [0.25, 0.3) is 0 Å². The van der Waals surface area contributed by atoms with Gasteiger partial charge in [0.15, 0.2) is 0 Å². The Kier molecular flexibility index (Phi) is 4.93. The van der Waals surface area contributed by atoms with Gasteiger partial charge in [-0.2, -0.15) is 0 Å². The SMILES string of the molecule is COCCCC(N)C(=O)NC1CCc2ccccc21. The van der Waals surface area contributed by atoms with Crippen molar-refractivity contribution >= 4 is 5.91 Å². The Morgan fingerprint density at radius 3 is 3.11 bits per heavy atom. The van der Waals surface area contributed by atoms with Crippen molar-refractivity contribution in [3.63, 3.8) is 0 Å². The maximum absolute atomic E-state index is 12.0. The second-order valence-corrected chi connectivity index (χ2v) is 5.04. The van der Waals surface area contributed by atoms with E-state index in [1.807, 2.05) is 12.1 Å². The van der Waals surface area contributed by atoms with Crippen LogP contribution in [0.5, 0.6) is 0 Å². The Balaban J connectivity index is 1.86. The fraction of sp³-hybridized carbons (Fsp3) is 0.533. The number of hydrogen-bond acceptors (Lipinski definition) is 3. The summed E-state index contributed by atoms with van der Waals surface area (Å²) in [5.41, 5.74) is 8.46. The highest BCUT2D eigenvalue weighted by molar-refractivity contribution is 5.82. The van der Waals surface area contributed by atoms with E-state index in [1.165, 1.54) is 11.1 Å². The molecule has 0 aliphatic heterocycles. The number of rotatable bonds is 6. The van der Waals surface area contributed by atoms with Gasteiger partial charge >= 0.3 is 0 Å². The molecule has 0 saturated carbocycles. The largest absolute Gasteiger partial charge is 0.385 e. The number of fused-ring (bicyclic) bond motifs is 1. The number of aryl methyl sites for hydroxylation is 1. The molecule has 1 aromatic carbocycles. The van der Waals surface area contributed by atoms with Crippen LogP contribution in [-0.2, 0) is 16.0 Å². The van der Waals surface area contributed by atoms with Crippen molar-refractivity contribution in [2.45, 2.75) is 37.8 Å². The van der Waals surface area contributed by atoms with E-state index >= 15 is 0 Å². The first-order chi connectivity index (χ1) is 9.22. The molecule has 0 spiro atoms. The van der Waals surface area contributed by atoms with Crippen molar-refractivity contribution in [2.75, 3.05) is 13.7 Å². The molecule has 0 heterocycles. The Labute approximate surface area is 114 Å². The zero-order chi connectivity index (χ0) is 13.7. The number of nitrogens with one attached hydrogen (secondary N) is 1. The van der Waals surface area contributed by atoms with E-state index in [0.29, 0.717) is 13.0 Å². The summed E-state index contributed by atoms with van der Waals surface area (Å²) >= 11 is 0. The molecule has 1 aromatic rings. The Hall–Kier alpha value is -1.39. The molecule has 0 bridgehead atoms. The average Bonchev–Trinajstić information content (AvgIpc) is 2.82. The number of carbonyl (C=O) groups is 1. The first kappa shape index (κ1) is 14.0. The van der Waals surface area contributed by atoms with Gasteiger partial charge in [-0.15, -0.1) is 0 Å². The standard InChI is InChI=1S/C15H22N2O2/c1-19-10-4-7-13(16)15(18)17-14-9-8-11-5-2-3-6-12(11)14/h2-3,5-6,13-14H,4,7-10,16H2,1H3,(H,17,18). The Morgan fingerprint density at radius 2 is 2.32 bits per heavy atom. The highest BCUT2D eigenvalue weighted by atomic mass is 16.5. The molecule has 1 aliphatic rings. The highest BCUT2D eigenvalue weighted by Crippen LogP contribution is 2.30. The molecule has 0 saturated heterocycles. The summed E-state index contributed by atoms with van der Waals surface area (Å²) in [4.78, 5) is 12.0. The van der Waals surface area contributed by atoms with Crippen LogP contribution in [0.3, 0.4) is 0 Å². The summed E-state index contributed by atoms with van der Waals surface area (Å²) < 4.78 is 4.96. The third kappa shape index (κ3) is 3.55.